The highest BCUT2D eigenvalue weighted by Gasteiger charge is 2.14. The summed E-state index contributed by atoms with van der Waals surface area (Å²) in [6.45, 7) is 0.873. The van der Waals surface area contributed by atoms with Crippen molar-refractivity contribution >= 4 is 17.6 Å². The first-order valence-corrected chi connectivity index (χ1v) is 7.74. The van der Waals surface area contributed by atoms with Crippen molar-refractivity contribution in [3.8, 4) is 0 Å². The number of carbonyl (C=O) groups is 2. The van der Waals surface area contributed by atoms with Gasteiger partial charge in [0, 0.05) is 37.6 Å². The van der Waals surface area contributed by atoms with E-state index >= 15 is 0 Å². The average Bonchev–Trinajstić information content (AvgIpc) is 3.22. The molecule has 0 unspecified atom stereocenters. The average molecular weight is 338 g/mol. The number of anilines is 1. The Morgan fingerprint density at radius 2 is 1.88 bits per heavy atom. The Hall–Kier alpha value is -3.42. The Bertz CT molecular complexity index is 868. The summed E-state index contributed by atoms with van der Waals surface area (Å²) in [4.78, 5) is 23.6. The van der Waals surface area contributed by atoms with Crippen molar-refractivity contribution in [3.63, 3.8) is 0 Å². The number of benzene rings is 1. The quantitative estimate of drug-likeness (QED) is 0.677. The monoisotopic (exact) mass is 338 g/mol. The van der Waals surface area contributed by atoms with Crippen LogP contribution in [0.15, 0.2) is 55.0 Å². The summed E-state index contributed by atoms with van der Waals surface area (Å²) in [5, 5.41) is 13.2. The molecule has 3 aromatic rings. The van der Waals surface area contributed by atoms with Crippen LogP contribution in [0.5, 0.6) is 0 Å². The zero-order valence-electron chi connectivity index (χ0n) is 13.7. The van der Waals surface area contributed by atoms with Gasteiger partial charge in [-0.1, -0.05) is 30.3 Å². The van der Waals surface area contributed by atoms with E-state index in [2.05, 4.69) is 20.8 Å². The molecule has 0 atom stereocenters. The lowest BCUT2D eigenvalue weighted by Gasteiger charge is -2.03. The van der Waals surface area contributed by atoms with Gasteiger partial charge < -0.3 is 10.6 Å². The highest BCUT2D eigenvalue weighted by atomic mass is 16.2. The number of carbonyl (C=O) groups excluding carboxylic acids is 2. The lowest BCUT2D eigenvalue weighted by molar-refractivity contribution is -0.136. The Balaban J connectivity index is 1.49. The zero-order valence-corrected chi connectivity index (χ0v) is 13.7. The number of hydrogen-bond acceptors (Lipinski definition) is 4. The fourth-order valence-electron chi connectivity index (χ4n) is 2.27. The number of rotatable bonds is 5. The molecule has 0 aliphatic heterocycles. The predicted molar refractivity (Wildman–Crippen MR) is 91.5 cm³/mol. The van der Waals surface area contributed by atoms with Crippen molar-refractivity contribution in [1.29, 1.82) is 0 Å². The standard InChI is InChI=1S/C17H18N6O2/c1-22-8-7-15(21-22)20-17(25)16(24)18-9-14-10-19-23(12-14)11-13-5-3-2-4-6-13/h2-8,10,12H,9,11H2,1H3,(H,18,24)(H,20,21,25). The maximum absolute atomic E-state index is 11.8. The van der Waals surface area contributed by atoms with Gasteiger partial charge in [0.1, 0.15) is 0 Å². The highest BCUT2D eigenvalue weighted by Crippen LogP contribution is 2.04. The molecule has 2 amide bonds. The minimum atomic E-state index is -0.754. The van der Waals surface area contributed by atoms with Crippen LogP contribution in [0.3, 0.4) is 0 Å². The van der Waals surface area contributed by atoms with Crippen LogP contribution < -0.4 is 10.6 Å². The molecule has 25 heavy (non-hydrogen) atoms. The molecule has 1 aromatic carbocycles. The molecule has 128 valence electrons. The maximum Gasteiger partial charge on any atom is 0.314 e. The molecule has 0 aliphatic carbocycles. The number of aryl methyl sites for hydroxylation is 1. The van der Waals surface area contributed by atoms with Gasteiger partial charge in [0.2, 0.25) is 0 Å². The third-order valence-corrected chi connectivity index (χ3v) is 3.49. The lowest BCUT2D eigenvalue weighted by atomic mass is 10.2. The number of aromatic nitrogens is 4. The molecule has 2 aromatic heterocycles. The van der Waals surface area contributed by atoms with Gasteiger partial charge in [0.15, 0.2) is 5.82 Å². The number of nitrogens with one attached hydrogen (secondary N) is 2. The molecular weight excluding hydrogens is 320 g/mol. The molecule has 2 heterocycles. The molecule has 0 spiro atoms. The van der Waals surface area contributed by atoms with Crippen molar-refractivity contribution in [3.05, 3.63) is 66.1 Å². The van der Waals surface area contributed by atoms with E-state index in [1.54, 1.807) is 30.2 Å². The van der Waals surface area contributed by atoms with Crippen LogP contribution in [-0.4, -0.2) is 31.4 Å². The summed E-state index contributed by atoms with van der Waals surface area (Å²) < 4.78 is 3.32. The van der Waals surface area contributed by atoms with Gasteiger partial charge in [-0.2, -0.15) is 10.2 Å². The maximum atomic E-state index is 11.8. The summed E-state index contributed by atoms with van der Waals surface area (Å²) in [5.41, 5.74) is 1.95. The largest absolute Gasteiger partial charge is 0.344 e. The minimum Gasteiger partial charge on any atom is -0.344 e. The molecule has 0 aliphatic rings. The second-order valence-electron chi connectivity index (χ2n) is 5.54. The molecule has 8 heteroatoms. The smallest absolute Gasteiger partial charge is 0.314 e. The second kappa shape index (κ2) is 7.43. The Labute approximate surface area is 144 Å². The van der Waals surface area contributed by atoms with Crippen molar-refractivity contribution in [2.45, 2.75) is 13.1 Å². The second-order valence-corrected chi connectivity index (χ2v) is 5.54. The van der Waals surface area contributed by atoms with E-state index < -0.39 is 11.8 Å². The first-order valence-electron chi connectivity index (χ1n) is 7.74. The molecule has 0 saturated heterocycles. The van der Waals surface area contributed by atoms with Gasteiger partial charge in [-0.15, -0.1) is 0 Å². The van der Waals surface area contributed by atoms with Gasteiger partial charge in [0.05, 0.1) is 12.7 Å². The van der Waals surface area contributed by atoms with E-state index in [0.717, 1.165) is 11.1 Å². The van der Waals surface area contributed by atoms with Gasteiger partial charge in [-0.25, -0.2) is 0 Å². The molecular formula is C17H18N6O2. The summed E-state index contributed by atoms with van der Waals surface area (Å²) in [5.74, 6) is -1.14. The third kappa shape index (κ3) is 4.54. The van der Waals surface area contributed by atoms with E-state index in [1.165, 1.54) is 4.68 Å². The van der Waals surface area contributed by atoms with Gasteiger partial charge in [-0.3, -0.25) is 19.0 Å². The van der Waals surface area contributed by atoms with E-state index in [0.29, 0.717) is 12.4 Å². The van der Waals surface area contributed by atoms with Crippen molar-refractivity contribution < 1.29 is 9.59 Å². The van der Waals surface area contributed by atoms with E-state index in [4.69, 9.17) is 0 Å². The fraction of sp³-hybridized carbons (Fsp3) is 0.176. The summed E-state index contributed by atoms with van der Waals surface area (Å²) >= 11 is 0. The summed E-state index contributed by atoms with van der Waals surface area (Å²) in [6.07, 6.45) is 5.18. The predicted octanol–water partition coefficient (Wildman–Crippen LogP) is 0.920. The van der Waals surface area contributed by atoms with Crippen LogP contribution in [0, 0.1) is 0 Å². The van der Waals surface area contributed by atoms with Crippen LogP contribution in [0.25, 0.3) is 0 Å². The molecule has 0 bridgehead atoms. The lowest BCUT2D eigenvalue weighted by Crippen LogP contribution is -2.35. The van der Waals surface area contributed by atoms with Gasteiger partial charge >= 0.3 is 11.8 Å². The topological polar surface area (TPSA) is 93.8 Å². The van der Waals surface area contributed by atoms with Crippen LogP contribution >= 0.6 is 0 Å². The van der Waals surface area contributed by atoms with Crippen LogP contribution in [0.1, 0.15) is 11.1 Å². The minimum absolute atomic E-state index is 0.225. The van der Waals surface area contributed by atoms with E-state index in [1.807, 2.05) is 36.5 Å². The summed E-state index contributed by atoms with van der Waals surface area (Å²) in [7, 11) is 1.73. The molecule has 0 radical (unpaired) electrons. The van der Waals surface area contributed by atoms with Crippen molar-refractivity contribution in [1.82, 2.24) is 24.9 Å². The zero-order chi connectivity index (χ0) is 17.6. The number of nitrogens with zero attached hydrogens (tertiary/aromatic N) is 4. The summed E-state index contributed by atoms with van der Waals surface area (Å²) in [6, 6.07) is 11.6. The van der Waals surface area contributed by atoms with Crippen LogP contribution in [0.2, 0.25) is 0 Å². The van der Waals surface area contributed by atoms with E-state index in [9.17, 15) is 9.59 Å². The highest BCUT2D eigenvalue weighted by molar-refractivity contribution is 6.39. The van der Waals surface area contributed by atoms with E-state index in [-0.39, 0.29) is 6.54 Å². The molecule has 0 saturated carbocycles. The first-order chi connectivity index (χ1) is 12.1. The third-order valence-electron chi connectivity index (χ3n) is 3.49. The molecule has 3 rings (SSSR count). The normalized spacial score (nSPS) is 10.4. The Morgan fingerprint density at radius 3 is 2.60 bits per heavy atom. The first kappa shape index (κ1) is 16.4. The Morgan fingerprint density at radius 1 is 1.08 bits per heavy atom. The molecule has 2 N–H and O–H groups in total. The number of hydrogen-bond donors (Lipinski definition) is 2. The number of amides is 2. The van der Waals surface area contributed by atoms with Gasteiger partial charge in [0.25, 0.3) is 0 Å². The SMILES string of the molecule is Cn1ccc(NC(=O)C(=O)NCc2cnn(Cc3ccccc3)c2)n1. The molecule has 0 fully saturated rings. The van der Waals surface area contributed by atoms with Crippen LogP contribution in [-0.2, 0) is 29.7 Å². The molecule has 8 nitrogen and oxygen atoms in total. The Kier molecular flexibility index (Phi) is 4.89. The van der Waals surface area contributed by atoms with Gasteiger partial charge in [-0.05, 0) is 5.56 Å². The van der Waals surface area contributed by atoms with Crippen LogP contribution in [0.4, 0.5) is 5.82 Å². The van der Waals surface area contributed by atoms with Crippen molar-refractivity contribution in [2.24, 2.45) is 7.05 Å². The fourth-order valence-corrected chi connectivity index (χ4v) is 2.27. The van der Waals surface area contributed by atoms with Crippen molar-refractivity contribution in [2.75, 3.05) is 5.32 Å².